The van der Waals surface area contributed by atoms with Crippen LogP contribution in [-0.4, -0.2) is 81.8 Å². The van der Waals surface area contributed by atoms with E-state index in [9.17, 15) is 24.6 Å². The summed E-state index contributed by atoms with van der Waals surface area (Å²) in [5, 5.41) is 23.9. The van der Waals surface area contributed by atoms with Crippen LogP contribution in [0.3, 0.4) is 0 Å². The first kappa shape index (κ1) is 30.3. The molecule has 0 aliphatic carbocycles. The Labute approximate surface area is 207 Å². The largest absolute Gasteiger partial charge is 0.502 e. The topological polar surface area (TPSA) is 137 Å². The molecule has 2 amide bonds. The molecule has 0 radical (unpaired) electrons. The van der Waals surface area contributed by atoms with Gasteiger partial charge in [-0.1, -0.05) is 13.0 Å². The van der Waals surface area contributed by atoms with Crippen molar-refractivity contribution in [1.82, 2.24) is 24.7 Å². The van der Waals surface area contributed by atoms with E-state index in [-0.39, 0.29) is 30.1 Å². The molecule has 1 aromatic rings. The Morgan fingerprint density at radius 2 is 1.89 bits per heavy atom. The van der Waals surface area contributed by atoms with Crippen LogP contribution in [0.15, 0.2) is 17.4 Å². The molecule has 4 atom stereocenters. The minimum Gasteiger partial charge on any atom is -0.502 e. The summed E-state index contributed by atoms with van der Waals surface area (Å²) in [5.74, 6) is -1.94. The highest BCUT2D eigenvalue weighted by Crippen LogP contribution is 2.28. The van der Waals surface area contributed by atoms with Crippen molar-refractivity contribution >= 4 is 11.8 Å². The van der Waals surface area contributed by atoms with Crippen LogP contribution >= 0.6 is 0 Å². The molecule has 0 aliphatic rings. The average Bonchev–Trinajstić information content (AvgIpc) is 2.84. The minimum atomic E-state index is -1.42. The van der Waals surface area contributed by atoms with Gasteiger partial charge in [-0.15, -0.1) is 6.58 Å². The fourth-order valence-corrected chi connectivity index (χ4v) is 3.55. The van der Waals surface area contributed by atoms with Gasteiger partial charge in [-0.3, -0.25) is 24.3 Å². The third-order valence-corrected chi connectivity index (χ3v) is 5.98. The molecule has 3 N–H and O–H groups in total. The Balaban J connectivity index is 3.55. The van der Waals surface area contributed by atoms with Gasteiger partial charge in [-0.05, 0) is 39.0 Å². The van der Waals surface area contributed by atoms with Crippen LogP contribution in [0.25, 0.3) is 0 Å². The molecular weight excluding hydrogens is 454 g/mol. The van der Waals surface area contributed by atoms with E-state index in [0.717, 1.165) is 4.57 Å². The van der Waals surface area contributed by atoms with Gasteiger partial charge in [0.05, 0.1) is 12.1 Å². The Morgan fingerprint density at radius 3 is 2.40 bits per heavy atom. The molecular formula is C24H41N5O6. The number of hydrogen-bond donors (Lipinski definition) is 3. The van der Waals surface area contributed by atoms with Gasteiger partial charge in [0.15, 0.2) is 6.23 Å². The van der Waals surface area contributed by atoms with E-state index >= 15 is 0 Å². The maximum atomic E-state index is 13.1. The molecule has 0 fully saturated rings. The zero-order valence-electron chi connectivity index (χ0n) is 21.9. The molecule has 0 bridgehead atoms. The van der Waals surface area contributed by atoms with Gasteiger partial charge in [0.2, 0.25) is 5.75 Å². The summed E-state index contributed by atoms with van der Waals surface area (Å²) in [4.78, 5) is 45.4. The lowest BCUT2D eigenvalue weighted by atomic mass is 10.0. The lowest BCUT2D eigenvalue weighted by Gasteiger charge is -2.32. The molecule has 11 heteroatoms. The minimum absolute atomic E-state index is 0.0186. The molecule has 1 rings (SSSR count). The van der Waals surface area contributed by atoms with Crippen LogP contribution < -0.4 is 10.9 Å². The van der Waals surface area contributed by atoms with Crippen molar-refractivity contribution in [3.05, 3.63) is 34.5 Å². The van der Waals surface area contributed by atoms with Gasteiger partial charge in [-0.2, -0.15) is 0 Å². The number of aromatic hydroxyl groups is 1. The SMILES string of the molecule is C=CC(C)CNC(O)c1nc(C(CCCC(C)OC)N(CC)C(=O)C(=O)N(C)C)n(C)c(=O)c1O. The van der Waals surface area contributed by atoms with Gasteiger partial charge >= 0.3 is 11.8 Å². The number of carbonyl (C=O) groups is 2. The fourth-order valence-electron chi connectivity index (χ4n) is 3.55. The summed E-state index contributed by atoms with van der Waals surface area (Å²) in [6, 6.07) is -0.753. The average molecular weight is 496 g/mol. The monoisotopic (exact) mass is 495 g/mol. The second-order valence-electron chi connectivity index (χ2n) is 8.88. The van der Waals surface area contributed by atoms with Crippen LogP contribution in [0.5, 0.6) is 5.75 Å². The lowest BCUT2D eigenvalue weighted by Crippen LogP contribution is -2.45. The van der Waals surface area contributed by atoms with Crippen molar-refractivity contribution in [1.29, 1.82) is 0 Å². The second-order valence-corrected chi connectivity index (χ2v) is 8.88. The van der Waals surface area contributed by atoms with E-state index < -0.39 is 35.4 Å². The molecule has 0 spiro atoms. The van der Waals surface area contributed by atoms with E-state index in [2.05, 4.69) is 16.9 Å². The van der Waals surface area contributed by atoms with Crippen molar-refractivity contribution in [3.63, 3.8) is 0 Å². The Kier molecular flexibility index (Phi) is 12.1. The second kappa shape index (κ2) is 14.0. The number of nitrogens with zero attached hydrogens (tertiary/aromatic N) is 4. The molecule has 1 aromatic heterocycles. The number of likely N-dealkylation sites (N-methyl/N-ethyl adjacent to an activating group) is 2. The number of aromatic nitrogens is 2. The Morgan fingerprint density at radius 1 is 1.26 bits per heavy atom. The summed E-state index contributed by atoms with van der Waals surface area (Å²) in [6.45, 7) is 9.76. The number of amides is 2. The quantitative estimate of drug-likeness (QED) is 0.210. The number of carbonyl (C=O) groups excluding carboxylic acids is 2. The first-order valence-corrected chi connectivity index (χ1v) is 11.8. The van der Waals surface area contributed by atoms with Crippen LogP contribution in [0, 0.1) is 5.92 Å². The van der Waals surface area contributed by atoms with Gasteiger partial charge in [0.1, 0.15) is 11.5 Å². The Hall–Kier alpha value is -2.76. The van der Waals surface area contributed by atoms with Crippen molar-refractivity contribution < 1.29 is 24.5 Å². The van der Waals surface area contributed by atoms with Gasteiger partial charge in [-0.25, -0.2) is 4.98 Å². The molecule has 198 valence electrons. The number of rotatable bonds is 13. The fraction of sp³-hybridized carbons (Fsp3) is 0.667. The molecule has 1 heterocycles. The summed E-state index contributed by atoms with van der Waals surface area (Å²) >= 11 is 0. The normalized spacial score (nSPS) is 14.6. The van der Waals surface area contributed by atoms with Crippen molar-refractivity contribution in [3.8, 4) is 5.75 Å². The third-order valence-electron chi connectivity index (χ3n) is 5.98. The molecule has 0 aliphatic heterocycles. The lowest BCUT2D eigenvalue weighted by molar-refractivity contribution is -0.152. The molecule has 11 nitrogen and oxygen atoms in total. The van der Waals surface area contributed by atoms with Gasteiger partial charge in [0, 0.05) is 41.3 Å². The number of hydrogen-bond acceptors (Lipinski definition) is 8. The zero-order chi connectivity index (χ0) is 26.9. The summed E-state index contributed by atoms with van der Waals surface area (Å²) < 4.78 is 6.46. The summed E-state index contributed by atoms with van der Waals surface area (Å²) in [6.07, 6.45) is 1.94. The highest BCUT2D eigenvalue weighted by molar-refractivity contribution is 6.34. The van der Waals surface area contributed by atoms with Crippen molar-refractivity contribution in [2.24, 2.45) is 13.0 Å². The third kappa shape index (κ3) is 7.87. The number of nitrogens with one attached hydrogen (secondary N) is 1. The molecule has 0 saturated carbocycles. The molecule has 0 aromatic carbocycles. The van der Waals surface area contributed by atoms with Crippen LogP contribution in [0.1, 0.15) is 63.8 Å². The van der Waals surface area contributed by atoms with Crippen LogP contribution in [0.4, 0.5) is 0 Å². The number of methoxy groups -OCH3 is 1. The first-order chi connectivity index (χ1) is 16.4. The van der Waals surface area contributed by atoms with Crippen molar-refractivity contribution in [2.45, 2.75) is 58.4 Å². The molecule has 35 heavy (non-hydrogen) atoms. The molecule has 4 unspecified atom stereocenters. The van der Waals surface area contributed by atoms with E-state index in [1.54, 1.807) is 20.1 Å². The van der Waals surface area contributed by atoms with Crippen LogP contribution in [0.2, 0.25) is 0 Å². The highest BCUT2D eigenvalue weighted by Gasteiger charge is 2.33. The van der Waals surface area contributed by atoms with E-state index in [1.165, 1.54) is 30.9 Å². The predicted molar refractivity (Wildman–Crippen MR) is 133 cm³/mol. The Bertz CT molecular complexity index is 932. The van der Waals surface area contributed by atoms with Gasteiger partial charge in [0.25, 0.3) is 5.56 Å². The first-order valence-electron chi connectivity index (χ1n) is 11.8. The predicted octanol–water partition coefficient (Wildman–Crippen LogP) is 1.07. The smallest absolute Gasteiger partial charge is 0.312 e. The summed E-state index contributed by atoms with van der Waals surface area (Å²) in [7, 11) is 6.02. The van der Waals surface area contributed by atoms with E-state index in [4.69, 9.17) is 4.74 Å². The van der Waals surface area contributed by atoms with Gasteiger partial charge < -0.3 is 24.7 Å². The zero-order valence-corrected chi connectivity index (χ0v) is 21.9. The molecule has 0 saturated heterocycles. The number of ether oxygens (including phenoxy) is 1. The van der Waals surface area contributed by atoms with E-state index in [1.807, 2.05) is 13.8 Å². The number of aliphatic hydroxyl groups is 1. The van der Waals surface area contributed by atoms with E-state index in [0.29, 0.717) is 25.8 Å². The van der Waals surface area contributed by atoms with Crippen LogP contribution in [-0.2, 0) is 21.4 Å². The highest BCUT2D eigenvalue weighted by atomic mass is 16.5. The summed E-state index contributed by atoms with van der Waals surface area (Å²) in [5.41, 5.74) is -1.00. The standard InChI is InChI=1S/C24H41N5O6/c1-9-15(3)14-25-21(31)18-19(30)22(32)28(7)20(26-18)17(13-11-12-16(4)35-8)29(10-2)24(34)23(33)27(5)6/h9,15-17,21,25,30-31H,1,10-14H2,2-8H3. The number of aliphatic hydroxyl groups excluding tert-OH is 1. The maximum absolute atomic E-state index is 13.1. The maximum Gasteiger partial charge on any atom is 0.312 e. The van der Waals surface area contributed by atoms with Crippen molar-refractivity contribution in [2.75, 3.05) is 34.3 Å².